The number of aryl methyl sites for hydroxylation is 1. The van der Waals surface area contributed by atoms with Gasteiger partial charge >= 0.3 is 0 Å². The Morgan fingerprint density at radius 1 is 1.04 bits per heavy atom. The van der Waals surface area contributed by atoms with Crippen LogP contribution in [0.25, 0.3) is 0 Å². The quantitative estimate of drug-likeness (QED) is 0.706. The molecule has 0 spiro atoms. The molecular formula is C21H18ClN3O. The van der Waals surface area contributed by atoms with E-state index in [1.807, 2.05) is 53.4 Å². The van der Waals surface area contributed by atoms with E-state index in [0.717, 1.165) is 36.4 Å². The van der Waals surface area contributed by atoms with Crippen molar-refractivity contribution in [2.75, 3.05) is 16.8 Å². The van der Waals surface area contributed by atoms with Crippen LogP contribution in [0.2, 0.25) is 5.02 Å². The molecule has 1 N–H and O–H groups in total. The molecule has 0 aliphatic carbocycles. The molecule has 2 aromatic carbocycles. The van der Waals surface area contributed by atoms with Gasteiger partial charge in [0.1, 0.15) is 5.69 Å². The third kappa shape index (κ3) is 3.41. The lowest BCUT2D eigenvalue weighted by Gasteiger charge is -2.29. The van der Waals surface area contributed by atoms with E-state index in [1.54, 1.807) is 12.3 Å². The standard InChI is InChI=1S/C21H18ClN3O/c22-16-7-3-8-17(13-16)24-18-10-11-19(23-14-18)21(26)25-12-4-6-15-5-1-2-9-20(15)25/h1-3,5,7-11,13-14,24H,4,6,12H2. The predicted octanol–water partition coefficient (Wildman–Crippen LogP) is 5.07. The summed E-state index contributed by atoms with van der Waals surface area (Å²) in [6.45, 7) is 0.722. The van der Waals surface area contributed by atoms with Crippen LogP contribution >= 0.6 is 11.6 Å². The van der Waals surface area contributed by atoms with E-state index < -0.39 is 0 Å². The third-order valence-electron chi connectivity index (χ3n) is 4.45. The van der Waals surface area contributed by atoms with Gasteiger partial charge in [0, 0.05) is 22.9 Å². The van der Waals surface area contributed by atoms with Crippen molar-refractivity contribution in [1.82, 2.24) is 4.98 Å². The van der Waals surface area contributed by atoms with Gasteiger partial charge in [-0.3, -0.25) is 4.79 Å². The largest absolute Gasteiger partial charge is 0.354 e. The summed E-state index contributed by atoms with van der Waals surface area (Å²) in [6, 6.07) is 19.1. The summed E-state index contributed by atoms with van der Waals surface area (Å²) in [6.07, 6.45) is 3.65. The molecule has 3 aromatic rings. The molecule has 1 aliphatic heterocycles. The second-order valence-corrected chi connectivity index (χ2v) is 6.69. The number of rotatable bonds is 3. The van der Waals surface area contributed by atoms with Crippen molar-refractivity contribution < 1.29 is 4.79 Å². The molecule has 26 heavy (non-hydrogen) atoms. The molecule has 0 bridgehead atoms. The van der Waals surface area contributed by atoms with Crippen LogP contribution in [0.5, 0.6) is 0 Å². The molecule has 130 valence electrons. The Bertz CT molecular complexity index is 940. The van der Waals surface area contributed by atoms with Crippen molar-refractivity contribution in [3.8, 4) is 0 Å². The number of hydrogen-bond donors (Lipinski definition) is 1. The van der Waals surface area contributed by atoms with Crippen molar-refractivity contribution in [1.29, 1.82) is 0 Å². The van der Waals surface area contributed by atoms with E-state index in [1.165, 1.54) is 5.56 Å². The Hall–Kier alpha value is -2.85. The zero-order valence-electron chi connectivity index (χ0n) is 14.2. The molecule has 2 heterocycles. The molecule has 4 nitrogen and oxygen atoms in total. The lowest BCUT2D eigenvalue weighted by molar-refractivity contribution is 0.0980. The highest BCUT2D eigenvalue weighted by molar-refractivity contribution is 6.30. The summed E-state index contributed by atoms with van der Waals surface area (Å²) < 4.78 is 0. The normalized spacial score (nSPS) is 13.2. The van der Waals surface area contributed by atoms with Crippen LogP contribution in [0.1, 0.15) is 22.5 Å². The second-order valence-electron chi connectivity index (χ2n) is 6.26. The molecule has 5 heteroatoms. The highest BCUT2D eigenvalue weighted by atomic mass is 35.5. The van der Waals surface area contributed by atoms with Gasteiger partial charge in [0.2, 0.25) is 0 Å². The van der Waals surface area contributed by atoms with Gasteiger partial charge in [-0.05, 0) is 54.8 Å². The fourth-order valence-electron chi connectivity index (χ4n) is 3.21. The van der Waals surface area contributed by atoms with Gasteiger partial charge in [0.05, 0.1) is 11.9 Å². The molecular weight excluding hydrogens is 346 g/mol. The number of nitrogens with zero attached hydrogens (tertiary/aromatic N) is 2. The molecule has 4 rings (SSSR count). The maximum atomic E-state index is 12.9. The molecule has 1 amide bonds. The van der Waals surface area contributed by atoms with Gasteiger partial charge in [-0.15, -0.1) is 0 Å². The summed E-state index contributed by atoms with van der Waals surface area (Å²) >= 11 is 6.00. The van der Waals surface area contributed by atoms with Crippen molar-refractivity contribution in [3.05, 3.63) is 83.1 Å². The monoisotopic (exact) mass is 363 g/mol. The van der Waals surface area contributed by atoms with Gasteiger partial charge in [0.15, 0.2) is 0 Å². The molecule has 0 fully saturated rings. The molecule has 0 atom stereocenters. The summed E-state index contributed by atoms with van der Waals surface area (Å²) in [7, 11) is 0. The molecule has 1 aliphatic rings. The van der Waals surface area contributed by atoms with Gasteiger partial charge in [-0.25, -0.2) is 4.98 Å². The number of halogens is 1. The smallest absolute Gasteiger partial charge is 0.276 e. The van der Waals surface area contributed by atoms with E-state index in [4.69, 9.17) is 11.6 Å². The third-order valence-corrected chi connectivity index (χ3v) is 4.69. The fraction of sp³-hybridized carbons (Fsp3) is 0.143. The van der Waals surface area contributed by atoms with Crippen LogP contribution in [0.15, 0.2) is 66.9 Å². The minimum atomic E-state index is -0.0635. The number of amides is 1. The Balaban J connectivity index is 1.53. The first kappa shape index (κ1) is 16.6. The first-order valence-corrected chi connectivity index (χ1v) is 8.97. The molecule has 0 saturated carbocycles. The van der Waals surface area contributed by atoms with Crippen LogP contribution in [0.3, 0.4) is 0 Å². The van der Waals surface area contributed by atoms with E-state index in [2.05, 4.69) is 16.4 Å². The number of carbonyl (C=O) groups excluding carboxylic acids is 1. The van der Waals surface area contributed by atoms with E-state index in [0.29, 0.717) is 10.7 Å². The topological polar surface area (TPSA) is 45.2 Å². The number of fused-ring (bicyclic) bond motifs is 1. The Morgan fingerprint density at radius 3 is 2.73 bits per heavy atom. The number of benzene rings is 2. The Morgan fingerprint density at radius 2 is 1.92 bits per heavy atom. The van der Waals surface area contributed by atoms with Gasteiger partial charge in [-0.2, -0.15) is 0 Å². The lowest BCUT2D eigenvalue weighted by atomic mass is 10.0. The van der Waals surface area contributed by atoms with Gasteiger partial charge in [-0.1, -0.05) is 35.9 Å². The lowest BCUT2D eigenvalue weighted by Crippen LogP contribution is -2.35. The van der Waals surface area contributed by atoms with Crippen molar-refractivity contribution >= 4 is 34.6 Å². The maximum absolute atomic E-state index is 12.9. The highest BCUT2D eigenvalue weighted by Crippen LogP contribution is 2.28. The Labute approximate surface area is 157 Å². The fourth-order valence-corrected chi connectivity index (χ4v) is 3.40. The summed E-state index contributed by atoms with van der Waals surface area (Å²) in [4.78, 5) is 19.1. The molecule has 0 radical (unpaired) electrons. The highest BCUT2D eigenvalue weighted by Gasteiger charge is 2.23. The van der Waals surface area contributed by atoms with Crippen molar-refractivity contribution in [2.24, 2.45) is 0 Å². The van der Waals surface area contributed by atoms with E-state index in [9.17, 15) is 4.79 Å². The number of aromatic nitrogens is 1. The van der Waals surface area contributed by atoms with Gasteiger partial charge < -0.3 is 10.2 Å². The number of carbonyl (C=O) groups is 1. The number of nitrogens with one attached hydrogen (secondary N) is 1. The SMILES string of the molecule is O=C(c1ccc(Nc2cccc(Cl)c2)cn1)N1CCCc2ccccc21. The maximum Gasteiger partial charge on any atom is 0.276 e. The van der Waals surface area contributed by atoms with Crippen LogP contribution in [-0.4, -0.2) is 17.4 Å². The average molecular weight is 364 g/mol. The van der Waals surface area contributed by atoms with Crippen LogP contribution in [-0.2, 0) is 6.42 Å². The minimum Gasteiger partial charge on any atom is -0.354 e. The number of anilines is 3. The van der Waals surface area contributed by atoms with Crippen LogP contribution in [0, 0.1) is 0 Å². The second kappa shape index (κ2) is 7.18. The molecule has 0 unspecified atom stereocenters. The summed E-state index contributed by atoms with van der Waals surface area (Å²) in [5.74, 6) is -0.0635. The van der Waals surface area contributed by atoms with E-state index in [-0.39, 0.29) is 5.91 Å². The summed E-state index contributed by atoms with van der Waals surface area (Å²) in [5.41, 5.74) is 4.34. The van der Waals surface area contributed by atoms with E-state index >= 15 is 0 Å². The number of hydrogen-bond acceptors (Lipinski definition) is 3. The number of pyridine rings is 1. The van der Waals surface area contributed by atoms with Crippen LogP contribution < -0.4 is 10.2 Å². The molecule has 0 saturated heterocycles. The zero-order valence-corrected chi connectivity index (χ0v) is 14.9. The average Bonchev–Trinajstić information content (AvgIpc) is 2.68. The first-order valence-electron chi connectivity index (χ1n) is 8.59. The van der Waals surface area contributed by atoms with Crippen molar-refractivity contribution in [2.45, 2.75) is 12.8 Å². The predicted molar refractivity (Wildman–Crippen MR) is 105 cm³/mol. The van der Waals surface area contributed by atoms with Crippen LogP contribution in [0.4, 0.5) is 17.1 Å². The minimum absolute atomic E-state index is 0.0635. The number of para-hydroxylation sites is 1. The van der Waals surface area contributed by atoms with Crippen molar-refractivity contribution in [3.63, 3.8) is 0 Å². The zero-order chi connectivity index (χ0) is 17.9. The first-order chi connectivity index (χ1) is 12.7. The van der Waals surface area contributed by atoms with Gasteiger partial charge in [0.25, 0.3) is 5.91 Å². The molecule has 1 aromatic heterocycles. The summed E-state index contributed by atoms with van der Waals surface area (Å²) in [5, 5.41) is 3.90. The Kier molecular flexibility index (Phi) is 4.59.